The normalized spacial score (nSPS) is 32.2. The van der Waals surface area contributed by atoms with Crippen LogP contribution in [-0.2, 0) is 40.4 Å². The van der Waals surface area contributed by atoms with E-state index in [1.54, 1.807) is 13.2 Å². The number of nitrogens with zero attached hydrogens (tertiary/aromatic N) is 3. The number of alkyl halides is 2. The van der Waals surface area contributed by atoms with Gasteiger partial charge in [-0.25, -0.2) is 27.2 Å². The molecule has 2 bridgehead atoms. The van der Waals surface area contributed by atoms with Crippen molar-refractivity contribution >= 4 is 44.6 Å². The van der Waals surface area contributed by atoms with Crippen molar-refractivity contribution in [3.05, 3.63) is 23.9 Å². The number of Topliss-reactive ketones (excluding diaryl/α,β-unsaturated/α-hetero) is 1. The summed E-state index contributed by atoms with van der Waals surface area (Å²) in [4.78, 5) is 68.9. The second kappa shape index (κ2) is 16.7. The van der Waals surface area contributed by atoms with E-state index in [2.05, 4.69) is 4.72 Å². The molecule has 2 aliphatic heterocycles. The van der Waals surface area contributed by atoms with Crippen LogP contribution in [-0.4, -0.2) is 89.9 Å². The maximum atomic E-state index is 15.2. The van der Waals surface area contributed by atoms with Crippen molar-refractivity contribution in [1.82, 2.24) is 19.6 Å². The fourth-order valence-corrected chi connectivity index (χ4v) is 11.6. The van der Waals surface area contributed by atoms with Gasteiger partial charge in [-0.05, 0) is 95.1 Å². The van der Waals surface area contributed by atoms with E-state index in [0.29, 0.717) is 48.2 Å². The number of carbonyl (C=O) groups excluding carboxylic acids is 4. The lowest BCUT2D eigenvalue weighted by molar-refractivity contribution is -0.153. The topological polar surface area (TPSA) is 171 Å². The number of benzene rings is 1. The molecule has 0 spiro atoms. The van der Waals surface area contributed by atoms with Gasteiger partial charge in [0.15, 0.2) is 5.78 Å². The fourth-order valence-electron chi connectivity index (χ4n) is 10.3. The first-order valence-corrected chi connectivity index (χ1v) is 23.5. The number of esters is 1. The number of halogens is 2. The molecular weight excluding hydrogens is 799 g/mol. The molecular formula is C44H58F2N4O9S. The van der Waals surface area contributed by atoms with Crippen LogP contribution in [0.3, 0.4) is 0 Å². The van der Waals surface area contributed by atoms with Crippen molar-refractivity contribution < 1.29 is 50.6 Å². The highest BCUT2D eigenvalue weighted by molar-refractivity contribution is 7.91. The highest BCUT2D eigenvalue weighted by Gasteiger charge is 2.67. The van der Waals surface area contributed by atoms with E-state index < -0.39 is 86.5 Å². The van der Waals surface area contributed by atoms with E-state index in [9.17, 15) is 31.6 Å². The van der Waals surface area contributed by atoms with Gasteiger partial charge in [0.05, 0.1) is 53.2 Å². The summed E-state index contributed by atoms with van der Waals surface area (Å²) in [5, 5.41) is 0. The van der Waals surface area contributed by atoms with Crippen LogP contribution >= 0.6 is 0 Å². The molecule has 3 heterocycles. The summed E-state index contributed by atoms with van der Waals surface area (Å²) in [6.07, 6.45) is 4.99. The van der Waals surface area contributed by atoms with E-state index in [1.165, 1.54) is 11.8 Å². The number of methoxy groups -OCH3 is 1. The molecule has 1 aromatic carbocycles. The van der Waals surface area contributed by atoms with E-state index in [0.717, 1.165) is 64.2 Å². The SMILES string of the molecule is CC[C@@H]1[C@@H]2CN(C(=O)[C@H](C3CCCCC3)CC(=O)O[C@@H]3C[C@H]3CCCCCc3nc4ccc(OC)cc4nc3O2)[C@@H]1C(=O)C[C@]1(C(=O)NS(=O)(=O)C2(C)CC2)C[C@H]1C(F)F. The minimum atomic E-state index is -4.19. The smallest absolute Gasteiger partial charge is 0.306 e. The molecule has 2 aromatic rings. The number of hydrogen-bond acceptors (Lipinski definition) is 11. The molecule has 328 valence electrons. The van der Waals surface area contributed by atoms with Gasteiger partial charge >= 0.3 is 5.97 Å². The van der Waals surface area contributed by atoms with Crippen molar-refractivity contribution in [1.29, 1.82) is 0 Å². The Morgan fingerprint density at radius 1 is 0.983 bits per heavy atom. The Kier molecular flexibility index (Phi) is 11.9. The third kappa shape index (κ3) is 8.47. The van der Waals surface area contributed by atoms with E-state index in [-0.39, 0.29) is 43.2 Å². The number of carbonyl (C=O) groups is 4. The molecule has 0 radical (unpaired) electrons. The zero-order valence-electron chi connectivity index (χ0n) is 34.8. The van der Waals surface area contributed by atoms with Gasteiger partial charge in [0, 0.05) is 24.3 Å². The van der Waals surface area contributed by atoms with Crippen molar-refractivity contribution in [2.24, 2.45) is 35.0 Å². The number of aryl methyl sites for hydroxylation is 1. The van der Waals surface area contributed by atoms with Crippen LogP contribution in [0, 0.1) is 35.0 Å². The van der Waals surface area contributed by atoms with Gasteiger partial charge in [-0.3, -0.25) is 23.9 Å². The number of nitrogens with one attached hydrogen (secondary N) is 1. The third-order valence-corrected chi connectivity index (χ3v) is 16.8. The number of amides is 2. The van der Waals surface area contributed by atoms with E-state index in [4.69, 9.17) is 24.2 Å². The molecule has 4 saturated carbocycles. The zero-order chi connectivity index (χ0) is 42.6. The first-order valence-electron chi connectivity index (χ1n) is 22.1. The highest BCUT2D eigenvalue weighted by Crippen LogP contribution is 2.59. The van der Waals surface area contributed by atoms with Crippen LogP contribution in [0.4, 0.5) is 8.78 Å². The number of aromatic nitrogens is 2. The Hall–Kier alpha value is -3.95. The molecule has 16 heteroatoms. The van der Waals surface area contributed by atoms with Gasteiger partial charge in [-0.15, -0.1) is 0 Å². The molecule has 60 heavy (non-hydrogen) atoms. The second-order valence-corrected chi connectivity index (χ2v) is 20.9. The summed E-state index contributed by atoms with van der Waals surface area (Å²) in [5.74, 6) is -4.60. The summed E-state index contributed by atoms with van der Waals surface area (Å²) in [6, 6.07) is 4.19. The lowest BCUT2D eigenvalue weighted by Gasteiger charge is -2.35. The largest absolute Gasteiger partial charge is 0.497 e. The standard InChI is InChI=1S/C44H58F2N4O9S/c1-4-28-36-24-50(38(28)34(51)23-44(22-30(44)39(45)46)42(54)49-60(55,56)43(2)17-18-43)41(53)29(25-11-7-5-8-12-25)21-37(52)58-35-19-26(35)13-9-6-10-14-32-40(59-36)48-33-20-27(57-3)15-16-31(33)47-32/h15-16,20,25-26,28-30,35-36,38-39H,4-14,17-19,21-24H2,1-3H3,(H,49,54)/t26-,28-,29+,30+,35-,36+,38+,44-/m1/s1. The Bertz CT molecular complexity index is 2110. The molecule has 6 aliphatic rings. The summed E-state index contributed by atoms with van der Waals surface area (Å²) >= 11 is 0. The number of hydrogen-bond donors (Lipinski definition) is 1. The van der Waals surface area contributed by atoms with Gasteiger partial charge < -0.3 is 19.1 Å². The molecule has 8 rings (SSSR count). The molecule has 8 atom stereocenters. The van der Waals surface area contributed by atoms with Crippen LogP contribution in [0.2, 0.25) is 0 Å². The summed E-state index contributed by atoms with van der Waals surface area (Å²) in [7, 11) is -2.63. The lowest BCUT2D eigenvalue weighted by Crippen LogP contribution is -2.49. The first kappa shape index (κ1) is 42.7. The second-order valence-electron chi connectivity index (χ2n) is 18.7. The van der Waals surface area contributed by atoms with E-state index in [1.807, 2.05) is 19.1 Å². The van der Waals surface area contributed by atoms with Crippen molar-refractivity contribution in [3.8, 4) is 11.6 Å². The van der Waals surface area contributed by atoms with E-state index >= 15 is 4.79 Å². The number of ketones is 1. The Labute approximate surface area is 350 Å². The predicted octanol–water partition coefficient (Wildman–Crippen LogP) is 6.49. The average molecular weight is 857 g/mol. The quantitative estimate of drug-likeness (QED) is 0.259. The van der Waals surface area contributed by atoms with Gasteiger partial charge in [0.2, 0.25) is 34.1 Å². The highest BCUT2D eigenvalue weighted by atomic mass is 32.2. The monoisotopic (exact) mass is 856 g/mol. The average Bonchev–Trinajstić information content (AvgIpc) is 4.18. The zero-order valence-corrected chi connectivity index (χ0v) is 35.7. The Morgan fingerprint density at radius 2 is 1.70 bits per heavy atom. The first-order chi connectivity index (χ1) is 28.7. The Morgan fingerprint density at radius 3 is 2.37 bits per heavy atom. The summed E-state index contributed by atoms with van der Waals surface area (Å²) < 4.78 is 74.4. The molecule has 2 amide bonds. The molecule has 5 fully saturated rings. The summed E-state index contributed by atoms with van der Waals surface area (Å²) in [6.45, 7) is 3.29. The molecule has 1 saturated heterocycles. The number of ether oxygens (including phenoxy) is 3. The van der Waals surface area contributed by atoms with Crippen LogP contribution in [0.5, 0.6) is 11.6 Å². The van der Waals surface area contributed by atoms with Gasteiger partial charge in [0.25, 0.3) is 0 Å². The minimum absolute atomic E-state index is 0.0574. The van der Waals surface area contributed by atoms with Crippen LogP contribution in [0.25, 0.3) is 11.0 Å². The number of sulfonamides is 1. The Balaban J connectivity index is 1.17. The number of rotatable bonds is 10. The van der Waals surface area contributed by atoms with Crippen LogP contribution in [0.1, 0.15) is 122 Å². The van der Waals surface area contributed by atoms with Crippen molar-refractivity contribution in [2.45, 2.75) is 152 Å². The fraction of sp³-hybridized carbons (Fsp3) is 0.727. The van der Waals surface area contributed by atoms with Crippen molar-refractivity contribution in [2.75, 3.05) is 13.7 Å². The predicted molar refractivity (Wildman–Crippen MR) is 215 cm³/mol. The molecule has 0 unspecified atom stereocenters. The maximum Gasteiger partial charge on any atom is 0.306 e. The lowest BCUT2D eigenvalue weighted by atomic mass is 9.77. The third-order valence-electron chi connectivity index (χ3n) is 14.6. The molecule has 4 aliphatic carbocycles. The minimum Gasteiger partial charge on any atom is -0.497 e. The van der Waals surface area contributed by atoms with Crippen LogP contribution in [0.15, 0.2) is 18.2 Å². The number of fused-ring (bicyclic) bond motifs is 5. The van der Waals surface area contributed by atoms with Gasteiger partial charge in [0.1, 0.15) is 23.7 Å². The van der Waals surface area contributed by atoms with Crippen LogP contribution < -0.4 is 14.2 Å². The maximum absolute atomic E-state index is 15.2. The molecule has 13 nitrogen and oxygen atoms in total. The molecule has 1 N–H and O–H groups in total. The molecule has 1 aromatic heterocycles. The van der Waals surface area contributed by atoms with Gasteiger partial charge in [-0.1, -0.05) is 39.0 Å². The summed E-state index contributed by atoms with van der Waals surface area (Å²) in [5.41, 5.74) is -0.146. The van der Waals surface area contributed by atoms with Gasteiger partial charge in [-0.2, -0.15) is 0 Å². The van der Waals surface area contributed by atoms with Crippen molar-refractivity contribution in [3.63, 3.8) is 0 Å².